The Morgan fingerprint density at radius 1 is 0.935 bits per heavy atom. The van der Waals surface area contributed by atoms with Crippen LogP contribution in [0.5, 0.6) is 0 Å². The van der Waals surface area contributed by atoms with Gasteiger partial charge in [0.1, 0.15) is 0 Å². The van der Waals surface area contributed by atoms with E-state index >= 15 is 0 Å². The molecule has 0 aliphatic carbocycles. The van der Waals surface area contributed by atoms with E-state index in [0.717, 1.165) is 33.4 Å². The van der Waals surface area contributed by atoms with Crippen molar-refractivity contribution in [3.8, 4) is 16.9 Å². The minimum Gasteiger partial charge on any atom is -0.360 e. The number of hydrogen-bond acceptors (Lipinski definition) is 3. The molecule has 2 N–H and O–H groups in total. The van der Waals surface area contributed by atoms with Crippen LogP contribution < -0.4 is 5.43 Å². The summed E-state index contributed by atoms with van der Waals surface area (Å²) >= 11 is 0. The molecule has 6 nitrogen and oxygen atoms in total. The number of amides is 1. The van der Waals surface area contributed by atoms with Crippen LogP contribution in [0, 0.1) is 0 Å². The highest BCUT2D eigenvalue weighted by atomic mass is 16.2. The SMILES string of the molecule is O=C(N/N=C\c1ccccc1)c1cc(-c2c[nH]c3ccccc23)n(-c2ccccc2)n1. The monoisotopic (exact) mass is 405 g/mol. The smallest absolute Gasteiger partial charge is 0.291 e. The molecule has 0 aliphatic rings. The van der Waals surface area contributed by atoms with E-state index in [-0.39, 0.29) is 11.6 Å². The van der Waals surface area contributed by atoms with Gasteiger partial charge in [0, 0.05) is 22.7 Å². The van der Waals surface area contributed by atoms with Crippen molar-refractivity contribution in [3.05, 3.63) is 108 Å². The molecule has 5 aromatic rings. The van der Waals surface area contributed by atoms with Gasteiger partial charge in [-0.1, -0.05) is 66.7 Å². The number of para-hydroxylation sites is 2. The molecule has 31 heavy (non-hydrogen) atoms. The van der Waals surface area contributed by atoms with Crippen molar-refractivity contribution in [2.75, 3.05) is 0 Å². The molecule has 5 rings (SSSR count). The Hall–Kier alpha value is -4.45. The van der Waals surface area contributed by atoms with E-state index in [2.05, 4.69) is 20.6 Å². The summed E-state index contributed by atoms with van der Waals surface area (Å²) in [7, 11) is 0. The van der Waals surface area contributed by atoms with Gasteiger partial charge in [-0.2, -0.15) is 10.2 Å². The Balaban J connectivity index is 1.52. The fourth-order valence-corrected chi connectivity index (χ4v) is 3.50. The molecule has 2 heterocycles. The van der Waals surface area contributed by atoms with Crippen LogP contribution in [0.2, 0.25) is 0 Å². The number of rotatable bonds is 5. The minimum absolute atomic E-state index is 0.286. The first-order valence-corrected chi connectivity index (χ1v) is 9.90. The van der Waals surface area contributed by atoms with Crippen molar-refractivity contribution in [2.45, 2.75) is 0 Å². The van der Waals surface area contributed by atoms with Crippen LogP contribution in [-0.2, 0) is 0 Å². The number of fused-ring (bicyclic) bond motifs is 1. The quantitative estimate of drug-likeness (QED) is 0.326. The molecule has 1 amide bonds. The normalized spacial score (nSPS) is 11.2. The second-order valence-electron chi connectivity index (χ2n) is 7.02. The van der Waals surface area contributed by atoms with Gasteiger partial charge < -0.3 is 4.98 Å². The Bertz CT molecular complexity index is 1370. The van der Waals surface area contributed by atoms with Crippen LogP contribution in [0.25, 0.3) is 27.8 Å². The average Bonchev–Trinajstić information content (AvgIpc) is 3.45. The zero-order chi connectivity index (χ0) is 21.0. The summed E-state index contributed by atoms with van der Waals surface area (Å²) in [4.78, 5) is 16.0. The number of hydrazone groups is 1. The lowest BCUT2D eigenvalue weighted by Crippen LogP contribution is -2.18. The summed E-state index contributed by atoms with van der Waals surface area (Å²) in [6.45, 7) is 0. The van der Waals surface area contributed by atoms with Gasteiger partial charge in [0.05, 0.1) is 17.6 Å². The molecule has 6 heteroatoms. The van der Waals surface area contributed by atoms with Gasteiger partial charge in [-0.3, -0.25) is 4.79 Å². The van der Waals surface area contributed by atoms with Crippen molar-refractivity contribution < 1.29 is 4.79 Å². The largest absolute Gasteiger partial charge is 0.360 e. The number of aromatic nitrogens is 3. The Labute approximate surface area is 178 Å². The minimum atomic E-state index is -0.372. The van der Waals surface area contributed by atoms with Crippen LogP contribution in [-0.4, -0.2) is 26.9 Å². The second kappa shape index (κ2) is 8.12. The predicted octanol–water partition coefficient (Wildman–Crippen LogP) is 4.78. The van der Waals surface area contributed by atoms with Crippen LogP contribution >= 0.6 is 0 Å². The third kappa shape index (κ3) is 3.74. The summed E-state index contributed by atoms with van der Waals surface area (Å²) in [6.07, 6.45) is 3.54. The van der Waals surface area contributed by atoms with Crippen molar-refractivity contribution in [1.82, 2.24) is 20.2 Å². The van der Waals surface area contributed by atoms with E-state index in [1.54, 1.807) is 17.0 Å². The molecule has 0 unspecified atom stereocenters. The molecule has 150 valence electrons. The Morgan fingerprint density at radius 2 is 1.65 bits per heavy atom. The lowest BCUT2D eigenvalue weighted by molar-refractivity contribution is 0.0949. The molecule has 0 spiro atoms. The first-order valence-electron chi connectivity index (χ1n) is 9.90. The van der Waals surface area contributed by atoms with E-state index in [9.17, 15) is 4.79 Å². The lowest BCUT2D eigenvalue weighted by atomic mass is 10.1. The third-order valence-electron chi connectivity index (χ3n) is 4.99. The topological polar surface area (TPSA) is 75.1 Å². The Kier molecular flexibility index (Phi) is 4.86. The second-order valence-corrected chi connectivity index (χ2v) is 7.02. The first kappa shape index (κ1) is 18.6. The van der Waals surface area contributed by atoms with Crippen LogP contribution in [0.4, 0.5) is 0 Å². The number of aromatic amines is 1. The zero-order valence-corrected chi connectivity index (χ0v) is 16.6. The fourth-order valence-electron chi connectivity index (χ4n) is 3.50. The molecule has 3 aromatic carbocycles. The van der Waals surface area contributed by atoms with Gasteiger partial charge in [-0.25, -0.2) is 10.1 Å². The van der Waals surface area contributed by atoms with Gasteiger partial charge >= 0.3 is 0 Å². The average molecular weight is 405 g/mol. The summed E-state index contributed by atoms with van der Waals surface area (Å²) in [5.74, 6) is -0.372. The number of nitrogens with zero attached hydrogens (tertiary/aromatic N) is 3. The molecule has 0 aliphatic heterocycles. The van der Waals surface area contributed by atoms with Gasteiger partial charge in [0.25, 0.3) is 5.91 Å². The number of hydrogen-bond donors (Lipinski definition) is 2. The first-order chi connectivity index (χ1) is 15.3. The van der Waals surface area contributed by atoms with Crippen LogP contribution in [0.15, 0.2) is 102 Å². The van der Waals surface area contributed by atoms with Gasteiger partial charge in [-0.05, 0) is 29.8 Å². The molecular formula is C25H19N5O. The summed E-state index contributed by atoms with van der Waals surface area (Å²) in [5, 5.41) is 9.71. The van der Waals surface area contributed by atoms with Crippen LogP contribution in [0.1, 0.15) is 16.1 Å². The van der Waals surface area contributed by atoms with E-state index in [1.165, 1.54) is 0 Å². The molecule has 0 saturated carbocycles. The maximum absolute atomic E-state index is 12.8. The summed E-state index contributed by atoms with van der Waals surface area (Å²) < 4.78 is 1.78. The van der Waals surface area contributed by atoms with Crippen molar-refractivity contribution in [2.24, 2.45) is 5.10 Å². The van der Waals surface area contributed by atoms with Crippen molar-refractivity contribution in [1.29, 1.82) is 0 Å². The van der Waals surface area contributed by atoms with E-state index in [0.29, 0.717) is 0 Å². The van der Waals surface area contributed by atoms with Crippen molar-refractivity contribution in [3.63, 3.8) is 0 Å². The molecule has 0 radical (unpaired) electrons. The third-order valence-corrected chi connectivity index (χ3v) is 4.99. The maximum Gasteiger partial charge on any atom is 0.291 e. The summed E-state index contributed by atoms with van der Waals surface area (Å²) in [6, 6.07) is 29.2. The lowest BCUT2D eigenvalue weighted by Gasteiger charge is -2.06. The number of carbonyl (C=O) groups excluding carboxylic acids is 1. The standard InChI is InChI=1S/C25H19N5O/c31-25(28-27-16-18-9-3-1-4-10-18)23-15-24(30(29-23)19-11-5-2-6-12-19)21-17-26-22-14-8-7-13-20(21)22/h1-17,26H,(H,28,31)/b27-16-. The molecule has 2 aromatic heterocycles. The number of nitrogens with one attached hydrogen (secondary N) is 2. The molecule has 0 bridgehead atoms. The van der Waals surface area contributed by atoms with Crippen LogP contribution in [0.3, 0.4) is 0 Å². The molecule has 0 atom stereocenters. The Morgan fingerprint density at radius 3 is 2.45 bits per heavy atom. The predicted molar refractivity (Wildman–Crippen MR) is 122 cm³/mol. The highest BCUT2D eigenvalue weighted by Gasteiger charge is 2.18. The fraction of sp³-hybridized carbons (Fsp3) is 0. The van der Waals surface area contributed by atoms with E-state index in [4.69, 9.17) is 0 Å². The van der Waals surface area contributed by atoms with Gasteiger partial charge in [0.2, 0.25) is 0 Å². The highest BCUT2D eigenvalue weighted by molar-refractivity contribution is 5.98. The van der Waals surface area contributed by atoms with E-state index < -0.39 is 0 Å². The molecule has 0 saturated heterocycles. The number of benzene rings is 3. The number of H-pyrrole nitrogens is 1. The molecule has 0 fully saturated rings. The van der Waals surface area contributed by atoms with Gasteiger partial charge in [0.15, 0.2) is 5.69 Å². The highest BCUT2D eigenvalue weighted by Crippen LogP contribution is 2.30. The zero-order valence-electron chi connectivity index (χ0n) is 16.6. The molecular weight excluding hydrogens is 386 g/mol. The summed E-state index contributed by atoms with van der Waals surface area (Å²) in [5.41, 5.74) is 7.44. The number of carbonyl (C=O) groups is 1. The van der Waals surface area contributed by atoms with Crippen molar-refractivity contribution >= 4 is 23.0 Å². The maximum atomic E-state index is 12.8. The van der Waals surface area contributed by atoms with E-state index in [1.807, 2.05) is 91.1 Å². The van der Waals surface area contributed by atoms with Gasteiger partial charge in [-0.15, -0.1) is 0 Å².